The second kappa shape index (κ2) is 10.3. The molecule has 0 aliphatic carbocycles. The molecule has 0 radical (unpaired) electrons. The lowest BCUT2D eigenvalue weighted by Crippen LogP contribution is -1.99. The van der Waals surface area contributed by atoms with Gasteiger partial charge in [-0.1, -0.05) is 25.2 Å². The van der Waals surface area contributed by atoms with Gasteiger partial charge in [-0.2, -0.15) is 0 Å². The highest BCUT2D eigenvalue weighted by atomic mass is 32.1. The first-order chi connectivity index (χ1) is 15.7. The third kappa shape index (κ3) is 5.08. The third-order valence-electron chi connectivity index (χ3n) is 4.75. The topological polar surface area (TPSA) is 85.7 Å². The van der Waals surface area contributed by atoms with E-state index in [1.165, 1.54) is 0 Å². The molecule has 1 N–H and O–H groups in total. The van der Waals surface area contributed by atoms with E-state index in [1.54, 1.807) is 29.9 Å². The highest BCUT2D eigenvalue weighted by molar-refractivity contribution is 7.18. The Morgan fingerprint density at radius 3 is 2.56 bits per heavy atom. The molecule has 1 aromatic carbocycles. The molecule has 0 spiro atoms. The van der Waals surface area contributed by atoms with Crippen LogP contribution in [0.3, 0.4) is 0 Å². The van der Waals surface area contributed by atoms with Crippen LogP contribution in [0.25, 0.3) is 33.3 Å². The number of nitrogens with zero attached hydrogens (tertiary/aromatic N) is 5. The molecule has 0 saturated heterocycles. The van der Waals surface area contributed by atoms with E-state index in [4.69, 9.17) is 14.7 Å². The van der Waals surface area contributed by atoms with Crippen molar-refractivity contribution in [1.29, 1.82) is 0 Å². The maximum atomic E-state index is 5.78. The largest absolute Gasteiger partial charge is 0.494 e. The van der Waals surface area contributed by atoms with Gasteiger partial charge in [-0.3, -0.25) is 4.98 Å². The van der Waals surface area contributed by atoms with Crippen LogP contribution in [0.1, 0.15) is 32.3 Å². The molecule has 0 saturated carbocycles. The van der Waals surface area contributed by atoms with E-state index in [-0.39, 0.29) is 0 Å². The first-order valence-electron chi connectivity index (χ1n) is 10.8. The number of aromatic nitrogens is 5. The van der Waals surface area contributed by atoms with Gasteiger partial charge in [0.15, 0.2) is 11.0 Å². The number of benzene rings is 1. The van der Waals surface area contributed by atoms with Gasteiger partial charge < -0.3 is 10.1 Å². The molecule has 32 heavy (non-hydrogen) atoms. The molecule has 4 rings (SSSR count). The molecule has 0 fully saturated rings. The Balaban J connectivity index is 1.77. The average Bonchev–Trinajstić information content (AvgIpc) is 3.31. The molecule has 0 aliphatic heterocycles. The Bertz CT molecular complexity index is 1180. The van der Waals surface area contributed by atoms with E-state index in [2.05, 4.69) is 41.0 Å². The van der Waals surface area contributed by atoms with Crippen molar-refractivity contribution in [2.24, 2.45) is 0 Å². The number of hydrogen-bond donors (Lipinski definition) is 1. The van der Waals surface area contributed by atoms with Crippen molar-refractivity contribution in [2.45, 2.75) is 33.6 Å². The Kier molecular flexibility index (Phi) is 7.01. The van der Waals surface area contributed by atoms with Gasteiger partial charge in [-0.15, -0.1) is 0 Å². The number of ether oxygens (including phenoxy) is 1. The third-order valence-corrected chi connectivity index (χ3v) is 5.73. The summed E-state index contributed by atoms with van der Waals surface area (Å²) in [6, 6.07) is 8.09. The lowest BCUT2D eigenvalue weighted by molar-refractivity contribution is 0.317. The fourth-order valence-electron chi connectivity index (χ4n) is 3.18. The molecule has 0 amide bonds. The van der Waals surface area contributed by atoms with E-state index in [1.807, 2.05) is 30.5 Å². The number of aryl methyl sites for hydroxylation is 1. The summed E-state index contributed by atoms with van der Waals surface area (Å²) in [7, 11) is 0. The normalized spacial score (nSPS) is 10.8. The van der Waals surface area contributed by atoms with Crippen molar-refractivity contribution in [1.82, 2.24) is 24.9 Å². The van der Waals surface area contributed by atoms with Gasteiger partial charge in [0.25, 0.3) is 0 Å². The second-order valence-corrected chi connectivity index (χ2v) is 8.36. The maximum Gasteiger partial charge on any atom is 0.183 e. The van der Waals surface area contributed by atoms with Gasteiger partial charge in [-0.05, 0) is 49.6 Å². The molecule has 0 aliphatic rings. The molecule has 0 unspecified atom stereocenters. The fourth-order valence-corrected chi connectivity index (χ4v) is 3.98. The first kappa shape index (κ1) is 21.8. The summed E-state index contributed by atoms with van der Waals surface area (Å²) in [4.78, 5) is 23.7. The molecule has 4 aromatic rings. The molecular formula is C24H26N6OS. The summed E-state index contributed by atoms with van der Waals surface area (Å²) in [6.07, 6.45) is 8.84. The Morgan fingerprint density at radius 2 is 1.81 bits per heavy atom. The zero-order chi connectivity index (χ0) is 22.3. The van der Waals surface area contributed by atoms with Crippen molar-refractivity contribution in [3.8, 4) is 39.1 Å². The summed E-state index contributed by atoms with van der Waals surface area (Å²) in [6.45, 7) is 7.88. The van der Waals surface area contributed by atoms with Crippen molar-refractivity contribution in [2.75, 3.05) is 18.5 Å². The summed E-state index contributed by atoms with van der Waals surface area (Å²) in [5, 5.41) is 4.22. The standard InChI is InChI=1S/C24H26N6OS/c1-4-8-27-24-28-15-22(32-24)20-13-19(29-23(30-20)21-14-25-9-10-26-21)18-7-6-17(12-16(18)3)31-11-5-2/h6-7,9-10,12-15H,4-5,8,11H2,1-3H3,(H,27,28). The SMILES string of the molecule is CCCNc1ncc(-c2cc(-c3ccc(OCCC)cc3C)nc(-c3cnccn3)n2)s1. The van der Waals surface area contributed by atoms with Crippen LogP contribution >= 0.6 is 11.3 Å². The van der Waals surface area contributed by atoms with E-state index in [9.17, 15) is 0 Å². The minimum Gasteiger partial charge on any atom is -0.494 e. The molecule has 0 bridgehead atoms. The number of nitrogens with one attached hydrogen (secondary N) is 1. The second-order valence-electron chi connectivity index (χ2n) is 7.33. The van der Waals surface area contributed by atoms with Crippen LogP contribution in [-0.2, 0) is 0 Å². The van der Waals surface area contributed by atoms with Gasteiger partial charge in [0.05, 0.1) is 29.1 Å². The summed E-state index contributed by atoms with van der Waals surface area (Å²) in [5.41, 5.74) is 4.37. The zero-order valence-corrected chi connectivity index (χ0v) is 19.3. The van der Waals surface area contributed by atoms with Crippen LogP contribution in [0.15, 0.2) is 49.1 Å². The lowest BCUT2D eigenvalue weighted by atomic mass is 10.0. The summed E-state index contributed by atoms with van der Waals surface area (Å²) < 4.78 is 5.78. The number of rotatable bonds is 9. The Labute approximate surface area is 192 Å². The van der Waals surface area contributed by atoms with E-state index < -0.39 is 0 Å². The molecule has 3 aromatic heterocycles. The maximum absolute atomic E-state index is 5.78. The first-order valence-corrected chi connectivity index (χ1v) is 11.6. The molecule has 3 heterocycles. The smallest absolute Gasteiger partial charge is 0.183 e. The average molecular weight is 447 g/mol. The van der Waals surface area contributed by atoms with Gasteiger partial charge in [0.2, 0.25) is 0 Å². The van der Waals surface area contributed by atoms with Crippen LogP contribution in [0, 0.1) is 6.92 Å². The quantitative estimate of drug-likeness (QED) is 0.356. The van der Waals surface area contributed by atoms with E-state index >= 15 is 0 Å². The van der Waals surface area contributed by atoms with E-state index in [0.29, 0.717) is 18.1 Å². The van der Waals surface area contributed by atoms with Crippen LogP contribution in [0.2, 0.25) is 0 Å². The zero-order valence-electron chi connectivity index (χ0n) is 18.5. The molecule has 7 nitrogen and oxygen atoms in total. The number of thiazole rings is 1. The molecular weight excluding hydrogens is 420 g/mol. The molecule has 164 valence electrons. The minimum atomic E-state index is 0.535. The highest BCUT2D eigenvalue weighted by Crippen LogP contribution is 2.33. The summed E-state index contributed by atoms with van der Waals surface area (Å²) in [5.74, 6) is 1.40. The number of anilines is 1. The van der Waals surface area contributed by atoms with Crippen LogP contribution in [0.5, 0.6) is 5.75 Å². The van der Waals surface area contributed by atoms with Gasteiger partial charge in [-0.25, -0.2) is 19.9 Å². The van der Waals surface area contributed by atoms with Gasteiger partial charge in [0.1, 0.15) is 11.4 Å². The highest BCUT2D eigenvalue weighted by Gasteiger charge is 2.15. The predicted octanol–water partition coefficient (Wildman–Crippen LogP) is 5.64. The fraction of sp³-hybridized carbons (Fsp3) is 0.292. The van der Waals surface area contributed by atoms with Crippen LogP contribution in [-0.4, -0.2) is 38.1 Å². The van der Waals surface area contributed by atoms with Crippen LogP contribution in [0.4, 0.5) is 5.13 Å². The van der Waals surface area contributed by atoms with E-state index in [0.717, 1.165) is 57.7 Å². The van der Waals surface area contributed by atoms with Crippen molar-refractivity contribution in [3.05, 3.63) is 54.6 Å². The monoisotopic (exact) mass is 446 g/mol. The number of hydrogen-bond acceptors (Lipinski definition) is 8. The Hall–Kier alpha value is -3.39. The molecule has 0 atom stereocenters. The lowest BCUT2D eigenvalue weighted by Gasteiger charge is -2.11. The van der Waals surface area contributed by atoms with Crippen molar-refractivity contribution >= 4 is 16.5 Å². The summed E-state index contributed by atoms with van der Waals surface area (Å²) >= 11 is 1.58. The van der Waals surface area contributed by atoms with Gasteiger partial charge in [0, 0.05) is 30.7 Å². The van der Waals surface area contributed by atoms with Crippen molar-refractivity contribution < 1.29 is 4.74 Å². The Morgan fingerprint density at radius 1 is 0.938 bits per heavy atom. The van der Waals surface area contributed by atoms with Crippen LogP contribution < -0.4 is 10.1 Å². The minimum absolute atomic E-state index is 0.535. The van der Waals surface area contributed by atoms with Crippen molar-refractivity contribution in [3.63, 3.8) is 0 Å². The molecule has 8 heteroatoms. The predicted molar refractivity (Wildman–Crippen MR) is 129 cm³/mol. The van der Waals surface area contributed by atoms with Gasteiger partial charge >= 0.3 is 0 Å².